The van der Waals surface area contributed by atoms with Gasteiger partial charge in [0.05, 0.1) is 5.39 Å². The lowest BCUT2D eigenvalue weighted by atomic mass is 10.2. The summed E-state index contributed by atoms with van der Waals surface area (Å²) in [7, 11) is 0. The second kappa shape index (κ2) is 7.96. The van der Waals surface area contributed by atoms with Gasteiger partial charge in [0.15, 0.2) is 5.16 Å². The smallest absolute Gasteiger partial charge is 0.260 e. The molecule has 2 aromatic heterocycles. The molecule has 0 saturated heterocycles. The molecule has 0 atom stereocenters. The van der Waals surface area contributed by atoms with Gasteiger partial charge in [-0.1, -0.05) is 55.9 Å². The summed E-state index contributed by atoms with van der Waals surface area (Å²) < 4.78 is 0. The van der Waals surface area contributed by atoms with Gasteiger partial charge in [-0.05, 0) is 24.7 Å². The van der Waals surface area contributed by atoms with Crippen LogP contribution in [0.5, 0.6) is 0 Å². The Balaban J connectivity index is 1.81. The summed E-state index contributed by atoms with van der Waals surface area (Å²) in [4.78, 5) is 24.1. The maximum Gasteiger partial charge on any atom is 0.260 e. The van der Waals surface area contributed by atoms with Crippen LogP contribution in [0.3, 0.4) is 0 Å². The first kappa shape index (κ1) is 17.2. The molecule has 0 amide bonds. The average molecular weight is 360 g/mol. The highest BCUT2D eigenvalue weighted by atomic mass is 32.2. The van der Waals surface area contributed by atoms with Crippen LogP contribution in [0.25, 0.3) is 20.7 Å². The predicted octanol–water partition coefficient (Wildman–Crippen LogP) is 4.09. The molecule has 0 bridgehead atoms. The number of nitrogens with one attached hydrogen (secondary N) is 1. The Hall–Kier alpha value is -1.63. The summed E-state index contributed by atoms with van der Waals surface area (Å²) >= 11 is 3.18. The van der Waals surface area contributed by atoms with Crippen molar-refractivity contribution in [3.63, 3.8) is 0 Å². The molecule has 0 aliphatic heterocycles. The fraction of sp³-hybridized carbons (Fsp3) is 0.333. The predicted molar refractivity (Wildman–Crippen MR) is 104 cm³/mol. The number of rotatable bonds is 7. The lowest BCUT2D eigenvalue weighted by Gasteiger charge is -2.16. The van der Waals surface area contributed by atoms with E-state index in [0.29, 0.717) is 10.5 Å². The van der Waals surface area contributed by atoms with E-state index >= 15 is 0 Å². The van der Waals surface area contributed by atoms with Crippen molar-refractivity contribution in [2.24, 2.45) is 0 Å². The third-order valence-corrected chi connectivity index (χ3v) is 5.91. The van der Waals surface area contributed by atoms with Crippen molar-refractivity contribution in [3.05, 3.63) is 46.8 Å². The molecule has 3 rings (SSSR count). The molecule has 2 heterocycles. The normalized spacial score (nSPS) is 11.5. The molecule has 0 fully saturated rings. The van der Waals surface area contributed by atoms with Gasteiger partial charge in [0.25, 0.3) is 5.56 Å². The van der Waals surface area contributed by atoms with Crippen LogP contribution in [0.4, 0.5) is 0 Å². The monoisotopic (exact) mass is 359 g/mol. The first-order chi connectivity index (χ1) is 11.7. The molecular formula is C18H21N3OS2. The standard InChI is InChI=1S/C18H21N3OS2/c1-3-21(4-2)10-11-23-18-19-16(22)14-12-15(24-17(14)20-18)13-8-6-5-7-9-13/h5-9,12H,3-4,10-11H2,1-2H3,(H,19,20,22). The summed E-state index contributed by atoms with van der Waals surface area (Å²) in [5.41, 5.74) is 1.07. The molecule has 0 spiro atoms. The second-order valence-corrected chi connectivity index (χ2v) is 7.56. The van der Waals surface area contributed by atoms with E-state index in [1.165, 1.54) is 0 Å². The fourth-order valence-corrected chi connectivity index (χ4v) is 4.49. The summed E-state index contributed by atoms with van der Waals surface area (Å²) in [6.45, 7) is 7.42. The molecule has 4 nitrogen and oxygen atoms in total. The van der Waals surface area contributed by atoms with Gasteiger partial charge in [0.2, 0.25) is 0 Å². The number of fused-ring (bicyclic) bond motifs is 1. The van der Waals surface area contributed by atoms with E-state index in [1.54, 1.807) is 23.1 Å². The van der Waals surface area contributed by atoms with E-state index in [1.807, 2.05) is 24.3 Å². The van der Waals surface area contributed by atoms with Crippen molar-refractivity contribution >= 4 is 33.3 Å². The van der Waals surface area contributed by atoms with Crippen molar-refractivity contribution in [1.82, 2.24) is 14.9 Å². The van der Waals surface area contributed by atoms with Gasteiger partial charge in [0, 0.05) is 17.2 Å². The van der Waals surface area contributed by atoms with Crippen LogP contribution in [-0.4, -0.2) is 40.3 Å². The Labute approximate surface area is 149 Å². The van der Waals surface area contributed by atoms with E-state index in [9.17, 15) is 4.79 Å². The zero-order chi connectivity index (χ0) is 16.9. The number of hydrogen-bond donors (Lipinski definition) is 1. The molecule has 0 saturated carbocycles. The van der Waals surface area contributed by atoms with Crippen molar-refractivity contribution in [2.75, 3.05) is 25.4 Å². The maximum atomic E-state index is 12.3. The minimum Gasteiger partial charge on any atom is -0.303 e. The van der Waals surface area contributed by atoms with Gasteiger partial charge in [-0.15, -0.1) is 11.3 Å². The van der Waals surface area contributed by atoms with Crippen molar-refractivity contribution in [2.45, 2.75) is 19.0 Å². The molecule has 0 aliphatic carbocycles. The number of hydrogen-bond acceptors (Lipinski definition) is 5. The van der Waals surface area contributed by atoms with Crippen LogP contribution in [0.1, 0.15) is 13.8 Å². The number of benzene rings is 1. The van der Waals surface area contributed by atoms with Gasteiger partial charge in [0.1, 0.15) is 4.83 Å². The Bertz CT molecular complexity index is 854. The molecule has 24 heavy (non-hydrogen) atoms. The van der Waals surface area contributed by atoms with Crippen LogP contribution in [-0.2, 0) is 0 Å². The molecule has 0 radical (unpaired) electrons. The Morgan fingerprint density at radius 3 is 2.67 bits per heavy atom. The lowest BCUT2D eigenvalue weighted by molar-refractivity contribution is 0.324. The van der Waals surface area contributed by atoms with Gasteiger partial charge in [-0.25, -0.2) is 4.98 Å². The van der Waals surface area contributed by atoms with E-state index in [-0.39, 0.29) is 5.56 Å². The number of thiophene rings is 1. The van der Waals surface area contributed by atoms with Gasteiger partial charge < -0.3 is 9.88 Å². The van der Waals surface area contributed by atoms with Crippen LogP contribution in [0.2, 0.25) is 0 Å². The van der Waals surface area contributed by atoms with E-state index in [2.05, 4.69) is 40.8 Å². The topological polar surface area (TPSA) is 49.0 Å². The largest absolute Gasteiger partial charge is 0.303 e. The van der Waals surface area contributed by atoms with Gasteiger partial charge in [-0.2, -0.15) is 0 Å². The van der Waals surface area contributed by atoms with Crippen LogP contribution in [0.15, 0.2) is 46.3 Å². The third-order valence-electron chi connectivity index (χ3n) is 3.98. The van der Waals surface area contributed by atoms with Crippen LogP contribution >= 0.6 is 23.1 Å². The summed E-state index contributed by atoms with van der Waals surface area (Å²) in [5.74, 6) is 0.924. The number of aromatic nitrogens is 2. The minimum atomic E-state index is -0.0521. The zero-order valence-electron chi connectivity index (χ0n) is 13.9. The first-order valence-corrected chi connectivity index (χ1v) is 9.96. The highest BCUT2D eigenvalue weighted by Gasteiger charge is 2.10. The second-order valence-electron chi connectivity index (χ2n) is 5.44. The van der Waals surface area contributed by atoms with Crippen LogP contribution in [0, 0.1) is 0 Å². The molecule has 126 valence electrons. The van der Waals surface area contributed by atoms with E-state index in [4.69, 9.17) is 0 Å². The van der Waals surface area contributed by atoms with Crippen LogP contribution < -0.4 is 5.56 Å². The third kappa shape index (κ3) is 3.88. The van der Waals surface area contributed by atoms with E-state index in [0.717, 1.165) is 40.7 Å². The minimum absolute atomic E-state index is 0.0521. The Morgan fingerprint density at radius 1 is 1.21 bits per heavy atom. The first-order valence-electron chi connectivity index (χ1n) is 8.15. The SMILES string of the molecule is CCN(CC)CCSc1nc2sc(-c3ccccc3)cc2c(=O)[nH]1. The number of nitrogens with zero attached hydrogens (tertiary/aromatic N) is 2. The Morgan fingerprint density at radius 2 is 1.96 bits per heavy atom. The van der Waals surface area contributed by atoms with Gasteiger partial charge in [-0.3, -0.25) is 4.79 Å². The summed E-state index contributed by atoms with van der Waals surface area (Å²) in [6.07, 6.45) is 0. The molecular weight excluding hydrogens is 338 g/mol. The van der Waals surface area contributed by atoms with Crippen molar-refractivity contribution < 1.29 is 0 Å². The molecule has 3 aromatic rings. The summed E-state index contributed by atoms with van der Waals surface area (Å²) in [6, 6.07) is 12.0. The zero-order valence-corrected chi connectivity index (χ0v) is 15.5. The molecule has 1 N–H and O–H groups in total. The lowest BCUT2D eigenvalue weighted by Crippen LogP contribution is -2.25. The number of aromatic amines is 1. The molecule has 6 heteroatoms. The van der Waals surface area contributed by atoms with Crippen molar-refractivity contribution in [3.8, 4) is 10.4 Å². The highest BCUT2D eigenvalue weighted by Crippen LogP contribution is 2.31. The highest BCUT2D eigenvalue weighted by molar-refractivity contribution is 7.99. The average Bonchev–Trinajstić information content (AvgIpc) is 3.04. The molecule has 0 aliphatic rings. The summed E-state index contributed by atoms with van der Waals surface area (Å²) in [5, 5.41) is 1.38. The molecule has 0 unspecified atom stereocenters. The maximum absolute atomic E-state index is 12.3. The quantitative estimate of drug-likeness (QED) is 0.510. The fourth-order valence-electron chi connectivity index (χ4n) is 2.54. The molecule has 1 aromatic carbocycles. The van der Waals surface area contributed by atoms with Gasteiger partial charge >= 0.3 is 0 Å². The van der Waals surface area contributed by atoms with Crippen molar-refractivity contribution in [1.29, 1.82) is 0 Å². The number of H-pyrrole nitrogens is 1. The number of thioether (sulfide) groups is 1. The Kier molecular flexibility index (Phi) is 5.71. The van der Waals surface area contributed by atoms with E-state index < -0.39 is 0 Å².